The van der Waals surface area contributed by atoms with Gasteiger partial charge in [0.2, 0.25) is 5.91 Å². The fourth-order valence-electron chi connectivity index (χ4n) is 2.55. The van der Waals surface area contributed by atoms with Gasteiger partial charge in [-0.2, -0.15) is 5.10 Å². The first-order valence-electron chi connectivity index (χ1n) is 7.10. The number of carbonyl (C=O) groups excluding carboxylic acids is 1. The lowest BCUT2D eigenvalue weighted by atomic mass is 9.74. The summed E-state index contributed by atoms with van der Waals surface area (Å²) in [6.07, 6.45) is 5.77. The van der Waals surface area contributed by atoms with Crippen LogP contribution in [0.3, 0.4) is 0 Å². The summed E-state index contributed by atoms with van der Waals surface area (Å²) in [5, 5.41) is 7.06. The lowest BCUT2D eigenvalue weighted by molar-refractivity contribution is -0.130. The molecule has 1 aliphatic rings. The molecule has 116 valence electrons. The van der Waals surface area contributed by atoms with Gasteiger partial charge in [0.15, 0.2) is 0 Å². The largest absolute Gasteiger partial charge is 0.359 e. The minimum absolute atomic E-state index is 0.0757. The van der Waals surface area contributed by atoms with Crippen molar-refractivity contribution < 1.29 is 9.18 Å². The number of rotatable bonds is 4. The van der Waals surface area contributed by atoms with Gasteiger partial charge in [0.05, 0.1) is 17.2 Å². The lowest BCUT2D eigenvalue weighted by Crippen LogP contribution is -2.53. The molecule has 0 fully saturated rings. The Bertz CT molecular complexity index is 621. The summed E-state index contributed by atoms with van der Waals surface area (Å²) in [5.41, 5.74) is 3.86. The van der Waals surface area contributed by atoms with E-state index >= 15 is 0 Å². The molecule has 1 aliphatic heterocycles. The SMILES string of the molecule is C=C/C=C\C1NN=C(c2ccc(F)cc2)CC1(C)C(=O)NC. The predicted molar refractivity (Wildman–Crippen MR) is 86.0 cm³/mol. The minimum Gasteiger partial charge on any atom is -0.359 e. The highest BCUT2D eigenvalue weighted by molar-refractivity contribution is 6.04. The highest BCUT2D eigenvalue weighted by Gasteiger charge is 2.43. The molecular weight excluding hydrogens is 281 g/mol. The summed E-state index contributed by atoms with van der Waals surface area (Å²) in [6.45, 7) is 5.53. The zero-order chi connectivity index (χ0) is 16.2. The van der Waals surface area contributed by atoms with Crippen LogP contribution in [0.1, 0.15) is 18.9 Å². The average Bonchev–Trinajstić information content (AvgIpc) is 2.53. The standard InChI is InChI=1S/C17H20FN3O/c1-4-5-6-15-17(2,16(22)19-3)11-14(20-21-15)12-7-9-13(18)10-8-12/h4-10,15,21H,1,11H2,2-3H3,(H,19,22)/b6-5-. The zero-order valence-corrected chi connectivity index (χ0v) is 12.8. The first-order chi connectivity index (χ1) is 10.5. The molecule has 0 saturated heterocycles. The van der Waals surface area contributed by atoms with Gasteiger partial charge in [-0.1, -0.05) is 36.9 Å². The van der Waals surface area contributed by atoms with Crippen LogP contribution in [0.25, 0.3) is 0 Å². The number of nitrogens with one attached hydrogen (secondary N) is 2. The second-order valence-electron chi connectivity index (χ2n) is 5.47. The van der Waals surface area contributed by atoms with Crippen LogP contribution in [0.15, 0.2) is 54.2 Å². The molecule has 1 aromatic rings. The van der Waals surface area contributed by atoms with E-state index in [0.717, 1.165) is 11.3 Å². The maximum Gasteiger partial charge on any atom is 0.228 e. The molecule has 0 aromatic heterocycles. The first-order valence-corrected chi connectivity index (χ1v) is 7.10. The molecule has 0 spiro atoms. The van der Waals surface area contributed by atoms with Gasteiger partial charge in [-0.25, -0.2) is 4.39 Å². The molecule has 0 radical (unpaired) electrons. The van der Waals surface area contributed by atoms with Crippen molar-refractivity contribution in [3.8, 4) is 0 Å². The molecule has 1 amide bonds. The molecule has 2 atom stereocenters. The Kier molecular flexibility index (Phi) is 4.75. The maximum absolute atomic E-state index is 13.1. The smallest absolute Gasteiger partial charge is 0.228 e. The van der Waals surface area contributed by atoms with E-state index in [2.05, 4.69) is 22.4 Å². The van der Waals surface area contributed by atoms with Gasteiger partial charge in [-0.15, -0.1) is 0 Å². The summed E-state index contributed by atoms with van der Waals surface area (Å²) < 4.78 is 13.1. The Hall–Kier alpha value is -2.43. The van der Waals surface area contributed by atoms with Gasteiger partial charge in [-0.3, -0.25) is 4.79 Å². The highest BCUT2D eigenvalue weighted by atomic mass is 19.1. The summed E-state index contributed by atoms with van der Waals surface area (Å²) in [7, 11) is 1.62. The number of carbonyl (C=O) groups is 1. The number of hydrogen-bond acceptors (Lipinski definition) is 3. The first kappa shape index (κ1) is 15.9. The number of hydrogen-bond donors (Lipinski definition) is 2. The van der Waals surface area contributed by atoms with E-state index in [4.69, 9.17) is 0 Å². The van der Waals surface area contributed by atoms with E-state index in [1.54, 1.807) is 31.3 Å². The van der Waals surface area contributed by atoms with Crippen molar-refractivity contribution in [2.24, 2.45) is 10.5 Å². The number of allylic oxidation sites excluding steroid dienone is 2. The van der Waals surface area contributed by atoms with Crippen molar-refractivity contribution in [1.29, 1.82) is 0 Å². The molecule has 1 aromatic carbocycles. The number of halogens is 1. The fraction of sp³-hybridized carbons (Fsp3) is 0.294. The van der Waals surface area contributed by atoms with E-state index in [9.17, 15) is 9.18 Å². The summed E-state index contributed by atoms with van der Waals surface area (Å²) in [6, 6.07) is 5.87. The third-order valence-electron chi connectivity index (χ3n) is 3.92. The quantitative estimate of drug-likeness (QED) is 0.839. The van der Waals surface area contributed by atoms with Crippen LogP contribution in [0.4, 0.5) is 4.39 Å². The van der Waals surface area contributed by atoms with E-state index in [1.807, 2.05) is 13.0 Å². The third-order valence-corrected chi connectivity index (χ3v) is 3.92. The Morgan fingerprint density at radius 1 is 1.50 bits per heavy atom. The highest BCUT2D eigenvalue weighted by Crippen LogP contribution is 2.32. The lowest BCUT2D eigenvalue weighted by Gasteiger charge is -2.38. The number of benzene rings is 1. The van der Waals surface area contributed by atoms with Gasteiger partial charge in [0.1, 0.15) is 5.82 Å². The molecular formula is C17H20FN3O. The Morgan fingerprint density at radius 3 is 2.77 bits per heavy atom. The molecule has 0 bridgehead atoms. The maximum atomic E-state index is 13.1. The molecule has 5 heteroatoms. The van der Waals surface area contributed by atoms with Crippen LogP contribution in [-0.4, -0.2) is 24.7 Å². The second kappa shape index (κ2) is 6.56. The molecule has 2 unspecified atom stereocenters. The average molecular weight is 301 g/mol. The van der Waals surface area contributed by atoms with E-state index in [0.29, 0.717) is 6.42 Å². The number of amides is 1. The Labute approximate surface area is 129 Å². The van der Waals surface area contributed by atoms with Crippen LogP contribution in [-0.2, 0) is 4.79 Å². The van der Waals surface area contributed by atoms with Crippen molar-refractivity contribution in [1.82, 2.24) is 10.7 Å². The molecule has 2 N–H and O–H groups in total. The van der Waals surface area contributed by atoms with Crippen LogP contribution in [0, 0.1) is 11.2 Å². The van der Waals surface area contributed by atoms with E-state index in [-0.39, 0.29) is 17.8 Å². The Morgan fingerprint density at radius 2 is 2.18 bits per heavy atom. The van der Waals surface area contributed by atoms with Crippen molar-refractivity contribution >= 4 is 11.6 Å². The molecule has 1 heterocycles. The van der Waals surface area contributed by atoms with Crippen molar-refractivity contribution in [2.75, 3.05) is 7.05 Å². The van der Waals surface area contributed by atoms with E-state index < -0.39 is 5.41 Å². The molecule has 2 rings (SSSR count). The number of nitrogens with zero attached hydrogens (tertiary/aromatic N) is 1. The van der Waals surface area contributed by atoms with Crippen molar-refractivity contribution in [3.05, 3.63) is 60.5 Å². The molecule has 0 saturated carbocycles. The van der Waals surface area contributed by atoms with Gasteiger partial charge >= 0.3 is 0 Å². The van der Waals surface area contributed by atoms with Crippen molar-refractivity contribution in [3.63, 3.8) is 0 Å². The van der Waals surface area contributed by atoms with E-state index in [1.165, 1.54) is 12.1 Å². The van der Waals surface area contributed by atoms with Crippen LogP contribution in [0.5, 0.6) is 0 Å². The second-order valence-corrected chi connectivity index (χ2v) is 5.47. The topological polar surface area (TPSA) is 53.5 Å². The molecule has 22 heavy (non-hydrogen) atoms. The molecule has 4 nitrogen and oxygen atoms in total. The van der Waals surface area contributed by atoms with Gasteiger partial charge in [-0.05, 0) is 24.6 Å². The minimum atomic E-state index is -0.695. The van der Waals surface area contributed by atoms with Gasteiger partial charge in [0.25, 0.3) is 0 Å². The van der Waals surface area contributed by atoms with Crippen molar-refractivity contribution in [2.45, 2.75) is 19.4 Å². The summed E-state index contributed by atoms with van der Waals surface area (Å²) >= 11 is 0. The van der Waals surface area contributed by atoms with Gasteiger partial charge < -0.3 is 10.7 Å². The monoisotopic (exact) mass is 301 g/mol. The predicted octanol–water partition coefficient (Wildman–Crippen LogP) is 2.39. The zero-order valence-electron chi connectivity index (χ0n) is 12.8. The van der Waals surface area contributed by atoms with Crippen LogP contribution in [0.2, 0.25) is 0 Å². The van der Waals surface area contributed by atoms with Gasteiger partial charge in [0, 0.05) is 13.5 Å². The third kappa shape index (κ3) is 3.08. The fourth-order valence-corrected chi connectivity index (χ4v) is 2.55. The van der Waals surface area contributed by atoms with Crippen LogP contribution >= 0.6 is 0 Å². The Balaban J connectivity index is 2.36. The summed E-state index contributed by atoms with van der Waals surface area (Å²) in [4.78, 5) is 12.4. The normalized spacial score (nSPS) is 24.5. The summed E-state index contributed by atoms with van der Waals surface area (Å²) in [5.74, 6) is -0.373. The molecule has 0 aliphatic carbocycles. The number of hydrazone groups is 1. The van der Waals surface area contributed by atoms with Crippen LogP contribution < -0.4 is 10.7 Å².